The van der Waals surface area contributed by atoms with Gasteiger partial charge in [0.15, 0.2) is 0 Å². The van der Waals surface area contributed by atoms with E-state index in [9.17, 15) is 18.0 Å². The molecule has 0 saturated heterocycles. The molecule has 0 radical (unpaired) electrons. The number of aliphatic imine (C=N–C) groups is 1. The number of rotatable bonds is 2. The van der Waals surface area contributed by atoms with E-state index in [0.717, 1.165) is 12.1 Å². The molecule has 0 atom stereocenters. The summed E-state index contributed by atoms with van der Waals surface area (Å²) in [4.78, 5) is 17.6. The molecule has 0 aliphatic heterocycles. The van der Waals surface area contributed by atoms with Gasteiger partial charge in [0.05, 0.1) is 11.3 Å². The van der Waals surface area contributed by atoms with Crippen LogP contribution in [0.2, 0.25) is 0 Å². The fourth-order valence-electron chi connectivity index (χ4n) is 1.67. The molecule has 0 amide bonds. The van der Waals surface area contributed by atoms with Gasteiger partial charge in [0.2, 0.25) is 6.08 Å². The first-order valence-corrected chi connectivity index (χ1v) is 5.23. The second kappa shape index (κ2) is 4.70. The Labute approximate surface area is 106 Å². The molecule has 98 valence electrons. The minimum atomic E-state index is -4.49. The average Bonchev–Trinajstić information content (AvgIpc) is 2.74. The van der Waals surface area contributed by atoms with Crippen LogP contribution in [0, 0.1) is 6.92 Å². The van der Waals surface area contributed by atoms with E-state index in [1.165, 1.54) is 22.9 Å². The molecule has 0 N–H and O–H groups in total. The summed E-state index contributed by atoms with van der Waals surface area (Å²) in [5.74, 6) is 0.571. The smallest absolute Gasteiger partial charge is 0.302 e. The molecule has 7 heteroatoms. The zero-order chi connectivity index (χ0) is 14.0. The maximum Gasteiger partial charge on any atom is 0.416 e. The summed E-state index contributed by atoms with van der Waals surface area (Å²) in [6.45, 7) is 1.69. The van der Waals surface area contributed by atoms with Crippen molar-refractivity contribution in [2.75, 3.05) is 0 Å². The Morgan fingerprint density at radius 1 is 1.37 bits per heavy atom. The van der Waals surface area contributed by atoms with Crippen LogP contribution < -0.4 is 0 Å². The molecule has 1 aromatic heterocycles. The molecule has 0 bridgehead atoms. The van der Waals surface area contributed by atoms with E-state index >= 15 is 0 Å². The van der Waals surface area contributed by atoms with Crippen LogP contribution in [0.3, 0.4) is 0 Å². The number of benzene rings is 1. The Balaban J connectivity index is 2.63. The van der Waals surface area contributed by atoms with Gasteiger partial charge in [-0.25, -0.2) is 9.78 Å². The highest BCUT2D eigenvalue weighted by molar-refractivity contribution is 5.63. The van der Waals surface area contributed by atoms with Gasteiger partial charge in [0.25, 0.3) is 0 Å². The van der Waals surface area contributed by atoms with Crippen molar-refractivity contribution in [3.8, 4) is 5.69 Å². The second-order valence-corrected chi connectivity index (χ2v) is 3.75. The van der Waals surface area contributed by atoms with Gasteiger partial charge in [-0.1, -0.05) is 0 Å². The highest BCUT2D eigenvalue weighted by Gasteiger charge is 2.31. The van der Waals surface area contributed by atoms with E-state index in [-0.39, 0.29) is 5.69 Å². The summed E-state index contributed by atoms with van der Waals surface area (Å²) in [5.41, 5.74) is -0.639. The molecule has 1 aromatic carbocycles. The standard InChI is InChI=1S/C12H8F3N3O/c1-8-16-4-5-18(8)11-3-2-9(12(13,14)15)6-10(11)17-7-19/h2-6H,1H3. The quantitative estimate of drug-likeness (QED) is 0.619. The molecule has 0 aliphatic rings. The van der Waals surface area contributed by atoms with Gasteiger partial charge in [-0.15, -0.1) is 0 Å². The largest absolute Gasteiger partial charge is 0.416 e. The predicted molar refractivity (Wildman–Crippen MR) is 61.1 cm³/mol. The van der Waals surface area contributed by atoms with Crippen LogP contribution >= 0.6 is 0 Å². The number of isocyanates is 1. The molecule has 2 aromatic rings. The minimum Gasteiger partial charge on any atom is -0.302 e. The number of aryl methyl sites for hydroxylation is 1. The molecular weight excluding hydrogens is 259 g/mol. The maximum absolute atomic E-state index is 12.6. The normalized spacial score (nSPS) is 11.2. The molecule has 4 nitrogen and oxygen atoms in total. The number of carbonyl (C=O) groups excluding carboxylic acids is 1. The average molecular weight is 267 g/mol. The lowest BCUT2D eigenvalue weighted by Crippen LogP contribution is -2.05. The lowest BCUT2D eigenvalue weighted by atomic mass is 10.1. The number of halogens is 3. The third kappa shape index (κ3) is 2.56. The van der Waals surface area contributed by atoms with E-state index < -0.39 is 11.7 Å². The molecule has 0 spiro atoms. The van der Waals surface area contributed by atoms with Crippen molar-refractivity contribution in [2.24, 2.45) is 4.99 Å². The van der Waals surface area contributed by atoms with Crippen LogP contribution in [0.25, 0.3) is 5.69 Å². The zero-order valence-electron chi connectivity index (χ0n) is 9.77. The van der Waals surface area contributed by atoms with Crippen molar-refractivity contribution in [3.05, 3.63) is 42.0 Å². The topological polar surface area (TPSA) is 47.2 Å². The number of imidazole rings is 1. The summed E-state index contributed by atoms with van der Waals surface area (Å²) in [6.07, 6.45) is -0.159. The van der Waals surface area contributed by atoms with Crippen LogP contribution in [0.4, 0.5) is 18.9 Å². The third-order valence-corrected chi connectivity index (χ3v) is 2.55. The highest BCUT2D eigenvalue weighted by Crippen LogP contribution is 2.34. The fourth-order valence-corrected chi connectivity index (χ4v) is 1.67. The van der Waals surface area contributed by atoms with Crippen LogP contribution in [0.15, 0.2) is 35.6 Å². The van der Waals surface area contributed by atoms with Crippen molar-refractivity contribution in [3.63, 3.8) is 0 Å². The zero-order valence-corrected chi connectivity index (χ0v) is 9.77. The first-order chi connectivity index (χ1) is 8.93. The number of aromatic nitrogens is 2. The van der Waals surface area contributed by atoms with Crippen LogP contribution in [-0.4, -0.2) is 15.6 Å². The predicted octanol–water partition coefficient (Wildman–Crippen LogP) is 3.17. The Morgan fingerprint density at radius 3 is 2.63 bits per heavy atom. The molecule has 0 fully saturated rings. The van der Waals surface area contributed by atoms with Crippen LogP contribution in [0.1, 0.15) is 11.4 Å². The summed E-state index contributed by atoms with van der Waals surface area (Å²) >= 11 is 0. The van der Waals surface area contributed by atoms with Gasteiger partial charge >= 0.3 is 6.18 Å². The lowest BCUT2D eigenvalue weighted by Gasteiger charge is -2.11. The van der Waals surface area contributed by atoms with Gasteiger partial charge in [-0.3, -0.25) is 0 Å². The number of hydrogen-bond acceptors (Lipinski definition) is 3. The Hall–Kier alpha value is -2.40. The van der Waals surface area contributed by atoms with E-state index in [4.69, 9.17) is 0 Å². The molecule has 1 heterocycles. The Kier molecular flexibility index (Phi) is 3.23. The SMILES string of the molecule is Cc1nccn1-c1ccc(C(F)(F)F)cc1N=C=O. The molecule has 0 unspecified atom stereocenters. The van der Waals surface area contributed by atoms with Gasteiger partial charge in [0, 0.05) is 12.4 Å². The summed E-state index contributed by atoms with van der Waals surface area (Å²) in [6, 6.07) is 2.98. The van der Waals surface area contributed by atoms with Crippen molar-refractivity contribution in [2.45, 2.75) is 13.1 Å². The van der Waals surface area contributed by atoms with Crippen molar-refractivity contribution < 1.29 is 18.0 Å². The Bertz CT molecular complexity index is 654. The van der Waals surface area contributed by atoms with Crippen LogP contribution in [-0.2, 0) is 11.0 Å². The maximum atomic E-state index is 12.6. The van der Waals surface area contributed by atoms with E-state index in [1.807, 2.05) is 0 Å². The lowest BCUT2D eigenvalue weighted by molar-refractivity contribution is -0.137. The number of hydrogen-bond donors (Lipinski definition) is 0. The van der Waals surface area contributed by atoms with Crippen molar-refractivity contribution in [1.82, 2.24) is 9.55 Å². The highest BCUT2D eigenvalue weighted by atomic mass is 19.4. The first-order valence-electron chi connectivity index (χ1n) is 5.23. The minimum absolute atomic E-state index is 0.106. The molecule has 0 aliphatic carbocycles. The number of nitrogens with zero attached hydrogens (tertiary/aromatic N) is 3. The number of alkyl halides is 3. The molecule has 19 heavy (non-hydrogen) atoms. The van der Waals surface area contributed by atoms with Gasteiger partial charge in [-0.2, -0.15) is 18.2 Å². The van der Waals surface area contributed by atoms with Crippen molar-refractivity contribution >= 4 is 11.8 Å². The second-order valence-electron chi connectivity index (χ2n) is 3.75. The Morgan fingerprint density at radius 2 is 2.11 bits per heavy atom. The summed E-state index contributed by atoms with van der Waals surface area (Å²) in [7, 11) is 0. The fraction of sp³-hybridized carbons (Fsp3) is 0.167. The summed E-state index contributed by atoms with van der Waals surface area (Å²) in [5, 5.41) is 0. The molecule has 2 rings (SSSR count). The third-order valence-electron chi connectivity index (χ3n) is 2.55. The van der Waals surface area contributed by atoms with E-state index in [0.29, 0.717) is 11.5 Å². The van der Waals surface area contributed by atoms with Gasteiger partial charge in [-0.05, 0) is 25.1 Å². The van der Waals surface area contributed by atoms with Gasteiger partial charge < -0.3 is 4.57 Å². The van der Waals surface area contributed by atoms with Gasteiger partial charge in [0.1, 0.15) is 11.5 Å². The monoisotopic (exact) mass is 267 g/mol. The molecule has 0 saturated carbocycles. The molecular formula is C12H8F3N3O. The van der Waals surface area contributed by atoms with Crippen molar-refractivity contribution in [1.29, 1.82) is 0 Å². The van der Waals surface area contributed by atoms with E-state index in [2.05, 4.69) is 9.98 Å². The first kappa shape index (κ1) is 13.0. The van der Waals surface area contributed by atoms with E-state index in [1.54, 1.807) is 13.1 Å². The summed E-state index contributed by atoms with van der Waals surface area (Å²) < 4.78 is 39.3. The van der Waals surface area contributed by atoms with Crippen LogP contribution in [0.5, 0.6) is 0 Å².